The fourth-order valence-electron chi connectivity index (χ4n) is 1.57. The van der Waals surface area contributed by atoms with Gasteiger partial charge >= 0.3 is 0 Å². The van der Waals surface area contributed by atoms with Crippen molar-refractivity contribution in [3.63, 3.8) is 0 Å². The molecule has 0 heterocycles. The van der Waals surface area contributed by atoms with Crippen LogP contribution in [0.3, 0.4) is 0 Å². The van der Waals surface area contributed by atoms with Crippen molar-refractivity contribution in [2.24, 2.45) is 0 Å². The third-order valence-corrected chi connectivity index (χ3v) is 2.74. The fraction of sp³-hybridized carbons (Fsp3) is 0.462. The van der Waals surface area contributed by atoms with Gasteiger partial charge in [0.2, 0.25) is 5.91 Å². The van der Waals surface area contributed by atoms with Crippen LogP contribution in [0.2, 0.25) is 0 Å². The highest BCUT2D eigenvalue weighted by Crippen LogP contribution is 2.25. The second kappa shape index (κ2) is 5.44. The lowest BCUT2D eigenvalue weighted by atomic mass is 9.84. The molecule has 2 N–H and O–H groups in total. The van der Waals surface area contributed by atoms with E-state index in [2.05, 4.69) is 5.32 Å². The van der Waals surface area contributed by atoms with Crippen molar-refractivity contribution >= 4 is 5.91 Å². The molecule has 0 saturated carbocycles. The number of aliphatic hydroxyl groups excluding tert-OH is 1. The molecule has 0 aliphatic rings. The highest BCUT2D eigenvalue weighted by molar-refractivity contribution is 5.80. The van der Waals surface area contributed by atoms with E-state index in [9.17, 15) is 13.6 Å². The predicted molar refractivity (Wildman–Crippen MR) is 64.1 cm³/mol. The van der Waals surface area contributed by atoms with Crippen molar-refractivity contribution in [3.8, 4) is 0 Å². The summed E-state index contributed by atoms with van der Waals surface area (Å²) >= 11 is 0. The lowest BCUT2D eigenvalue weighted by Crippen LogP contribution is -2.41. The van der Waals surface area contributed by atoms with Crippen molar-refractivity contribution in [1.82, 2.24) is 5.32 Å². The van der Waals surface area contributed by atoms with Gasteiger partial charge in [0.15, 0.2) is 0 Å². The molecule has 0 aliphatic heterocycles. The van der Waals surface area contributed by atoms with Crippen molar-refractivity contribution in [1.29, 1.82) is 0 Å². The van der Waals surface area contributed by atoms with Crippen LogP contribution in [0, 0.1) is 11.6 Å². The monoisotopic (exact) mass is 257 g/mol. The minimum atomic E-state index is -1.13. The van der Waals surface area contributed by atoms with E-state index in [1.807, 2.05) is 0 Å². The molecule has 0 spiro atoms. The third kappa shape index (κ3) is 3.50. The average molecular weight is 257 g/mol. The minimum Gasteiger partial charge on any atom is -0.384 e. The smallest absolute Gasteiger partial charge is 0.248 e. The minimum absolute atomic E-state index is 0.108. The molecule has 0 bridgehead atoms. The first-order valence-corrected chi connectivity index (χ1v) is 5.65. The maximum absolute atomic E-state index is 13.6. The van der Waals surface area contributed by atoms with Crippen LogP contribution in [0.1, 0.15) is 26.3 Å². The van der Waals surface area contributed by atoms with Gasteiger partial charge in [-0.2, -0.15) is 0 Å². The summed E-state index contributed by atoms with van der Waals surface area (Å²) < 4.78 is 26.7. The molecule has 1 aromatic carbocycles. The highest BCUT2D eigenvalue weighted by atomic mass is 19.1. The summed E-state index contributed by atoms with van der Waals surface area (Å²) in [4.78, 5) is 11.2. The van der Waals surface area contributed by atoms with Gasteiger partial charge in [-0.05, 0) is 30.7 Å². The lowest BCUT2D eigenvalue weighted by Gasteiger charge is -2.26. The number of amides is 1. The molecule has 0 saturated heterocycles. The van der Waals surface area contributed by atoms with Crippen LogP contribution in [-0.4, -0.2) is 23.7 Å². The number of benzene rings is 1. The second-order valence-corrected chi connectivity index (χ2v) is 4.90. The van der Waals surface area contributed by atoms with Crippen molar-refractivity contribution in [3.05, 3.63) is 35.4 Å². The van der Waals surface area contributed by atoms with E-state index in [4.69, 9.17) is 5.11 Å². The Kier molecular flexibility index (Phi) is 4.40. The molecule has 5 heteroatoms. The molecule has 1 rings (SSSR count). The number of nitrogens with one attached hydrogen (secondary N) is 1. The van der Waals surface area contributed by atoms with Crippen LogP contribution in [0.25, 0.3) is 0 Å². The van der Waals surface area contributed by atoms with Crippen LogP contribution in [-0.2, 0) is 10.2 Å². The van der Waals surface area contributed by atoms with Crippen LogP contribution >= 0.6 is 0 Å². The largest absolute Gasteiger partial charge is 0.384 e. The van der Waals surface area contributed by atoms with Gasteiger partial charge in [-0.15, -0.1) is 0 Å². The van der Waals surface area contributed by atoms with E-state index in [0.29, 0.717) is 0 Å². The van der Waals surface area contributed by atoms with E-state index in [1.54, 1.807) is 13.8 Å². The first-order chi connectivity index (χ1) is 8.24. The number of hydrogen-bond donors (Lipinski definition) is 2. The van der Waals surface area contributed by atoms with E-state index < -0.39 is 29.1 Å². The molecule has 0 aromatic heterocycles. The number of rotatable bonds is 4. The Hall–Kier alpha value is -1.49. The lowest BCUT2D eigenvalue weighted by molar-refractivity contribution is -0.128. The first kappa shape index (κ1) is 14.6. The molecular formula is C13H17F2NO2. The average Bonchev–Trinajstić information content (AvgIpc) is 2.29. The van der Waals surface area contributed by atoms with Crippen molar-refractivity contribution in [2.45, 2.75) is 32.3 Å². The number of carbonyl (C=O) groups is 1. The molecule has 0 radical (unpaired) electrons. The van der Waals surface area contributed by atoms with E-state index in [0.717, 1.165) is 18.2 Å². The topological polar surface area (TPSA) is 49.3 Å². The molecular weight excluding hydrogens is 240 g/mol. The first-order valence-electron chi connectivity index (χ1n) is 5.65. The normalized spacial score (nSPS) is 13.2. The maximum Gasteiger partial charge on any atom is 0.248 e. The number of aliphatic hydroxyl groups is 1. The summed E-state index contributed by atoms with van der Waals surface area (Å²) in [7, 11) is 0. The van der Waals surface area contributed by atoms with E-state index in [1.165, 1.54) is 6.92 Å². The quantitative estimate of drug-likeness (QED) is 0.863. The second-order valence-electron chi connectivity index (χ2n) is 4.90. The van der Waals surface area contributed by atoms with Gasteiger partial charge < -0.3 is 10.4 Å². The molecule has 1 unspecified atom stereocenters. The molecule has 1 aromatic rings. The van der Waals surface area contributed by atoms with Gasteiger partial charge in [0, 0.05) is 12.0 Å². The molecule has 0 aliphatic carbocycles. The predicted octanol–water partition coefficient (Wildman–Crippen LogP) is 1.74. The number of halogens is 2. The van der Waals surface area contributed by atoms with Crippen LogP contribution in [0.15, 0.2) is 18.2 Å². The molecule has 100 valence electrons. The Morgan fingerprint density at radius 3 is 2.61 bits per heavy atom. The fourth-order valence-corrected chi connectivity index (χ4v) is 1.57. The molecule has 1 atom stereocenters. The zero-order valence-corrected chi connectivity index (χ0v) is 10.6. The molecule has 18 heavy (non-hydrogen) atoms. The van der Waals surface area contributed by atoms with Crippen LogP contribution < -0.4 is 5.32 Å². The SMILES string of the molecule is CC(O)C(=O)NCC(C)(C)c1cc(F)ccc1F. The van der Waals surface area contributed by atoms with Gasteiger partial charge in [0.1, 0.15) is 17.7 Å². The van der Waals surface area contributed by atoms with Gasteiger partial charge in [-0.25, -0.2) is 8.78 Å². The summed E-state index contributed by atoms with van der Waals surface area (Å²) in [6.07, 6.45) is -1.13. The van der Waals surface area contributed by atoms with Gasteiger partial charge in [0.25, 0.3) is 0 Å². The van der Waals surface area contributed by atoms with Crippen molar-refractivity contribution < 1.29 is 18.7 Å². The summed E-state index contributed by atoms with van der Waals surface area (Å²) in [5, 5.41) is 11.5. The summed E-state index contributed by atoms with van der Waals surface area (Å²) in [5.41, 5.74) is -0.579. The van der Waals surface area contributed by atoms with Crippen molar-refractivity contribution in [2.75, 3.05) is 6.54 Å². The molecule has 3 nitrogen and oxygen atoms in total. The maximum atomic E-state index is 13.6. The summed E-state index contributed by atoms with van der Waals surface area (Å²) in [6, 6.07) is 3.22. The summed E-state index contributed by atoms with van der Waals surface area (Å²) in [5.74, 6) is -1.59. The van der Waals surface area contributed by atoms with Gasteiger partial charge in [-0.1, -0.05) is 13.8 Å². The Bertz CT molecular complexity index is 445. The zero-order chi connectivity index (χ0) is 13.9. The number of carbonyl (C=O) groups excluding carboxylic acids is 1. The Morgan fingerprint density at radius 1 is 1.44 bits per heavy atom. The van der Waals surface area contributed by atoms with E-state index in [-0.39, 0.29) is 12.1 Å². The van der Waals surface area contributed by atoms with Gasteiger partial charge in [-0.3, -0.25) is 4.79 Å². The standard InChI is InChI=1S/C13H17F2NO2/c1-8(17)12(18)16-7-13(2,3)10-6-9(14)4-5-11(10)15/h4-6,8,17H,7H2,1-3H3,(H,16,18). The molecule has 0 fully saturated rings. The summed E-state index contributed by atoms with van der Waals surface area (Å²) in [6.45, 7) is 4.82. The molecule has 1 amide bonds. The van der Waals surface area contributed by atoms with Crippen LogP contribution in [0.4, 0.5) is 8.78 Å². The Balaban J connectivity index is 2.85. The Labute approximate surface area is 105 Å². The highest BCUT2D eigenvalue weighted by Gasteiger charge is 2.26. The van der Waals surface area contributed by atoms with Crippen LogP contribution in [0.5, 0.6) is 0 Å². The third-order valence-electron chi connectivity index (χ3n) is 2.74. The number of hydrogen-bond acceptors (Lipinski definition) is 2. The Morgan fingerprint density at radius 2 is 2.06 bits per heavy atom. The zero-order valence-electron chi connectivity index (χ0n) is 10.6. The van der Waals surface area contributed by atoms with E-state index >= 15 is 0 Å². The van der Waals surface area contributed by atoms with Gasteiger partial charge in [0.05, 0.1) is 0 Å².